The van der Waals surface area contributed by atoms with Crippen LogP contribution in [0.1, 0.15) is 37.8 Å². The fraction of sp³-hybridized carbons (Fsp3) is 0.474. The van der Waals surface area contributed by atoms with Crippen molar-refractivity contribution in [1.29, 1.82) is 0 Å². The number of carbonyl (C=O) groups is 2. The predicted octanol–water partition coefficient (Wildman–Crippen LogP) is 2.22. The first-order valence-corrected chi connectivity index (χ1v) is 8.02. The van der Waals surface area contributed by atoms with Crippen LogP contribution in [-0.2, 0) is 24.5 Å². The highest BCUT2D eigenvalue weighted by atomic mass is 16.5. The normalized spacial score (nSPS) is 31.3. The Kier molecular flexibility index (Phi) is 3.79. The minimum atomic E-state index is -1.29. The number of aliphatic hydroxyl groups excluding tert-OH is 1. The number of hydrogen-bond acceptors (Lipinski definition) is 5. The molecule has 2 aliphatic carbocycles. The molecule has 1 aromatic rings. The first kappa shape index (κ1) is 16.7. The lowest BCUT2D eigenvalue weighted by atomic mass is 9.57. The summed E-state index contributed by atoms with van der Waals surface area (Å²) in [4.78, 5) is 25.2. The van der Waals surface area contributed by atoms with Crippen molar-refractivity contribution < 1.29 is 24.2 Å². The lowest BCUT2D eigenvalue weighted by Gasteiger charge is -2.46. The van der Waals surface area contributed by atoms with Crippen LogP contribution in [0.4, 0.5) is 0 Å². The van der Waals surface area contributed by atoms with Crippen LogP contribution in [0.25, 0.3) is 5.57 Å². The second-order valence-electron chi connectivity index (χ2n) is 6.87. The Hall–Kier alpha value is -2.14. The third-order valence-corrected chi connectivity index (χ3v) is 5.70. The van der Waals surface area contributed by atoms with Gasteiger partial charge in [0.1, 0.15) is 5.41 Å². The molecule has 2 aliphatic rings. The number of benzene rings is 1. The number of rotatable bonds is 2. The van der Waals surface area contributed by atoms with Crippen molar-refractivity contribution in [3.8, 4) is 0 Å². The molecule has 3 unspecified atom stereocenters. The molecule has 1 saturated carbocycles. The van der Waals surface area contributed by atoms with E-state index in [1.54, 1.807) is 6.92 Å². The highest BCUT2D eigenvalue weighted by molar-refractivity contribution is 6.21. The Morgan fingerprint density at radius 2 is 1.83 bits per heavy atom. The Balaban J connectivity index is 2.38. The summed E-state index contributed by atoms with van der Waals surface area (Å²) in [7, 11) is 2.62. The third kappa shape index (κ3) is 1.91. The van der Waals surface area contributed by atoms with Gasteiger partial charge in [0.25, 0.3) is 0 Å². The van der Waals surface area contributed by atoms with E-state index in [-0.39, 0.29) is 0 Å². The van der Waals surface area contributed by atoms with Crippen LogP contribution in [0.3, 0.4) is 0 Å². The van der Waals surface area contributed by atoms with E-state index in [4.69, 9.17) is 9.47 Å². The number of fused-ring (bicyclic) bond motifs is 3. The van der Waals surface area contributed by atoms with E-state index in [0.29, 0.717) is 24.0 Å². The van der Waals surface area contributed by atoms with Crippen molar-refractivity contribution >= 4 is 17.5 Å². The zero-order chi connectivity index (χ0) is 17.7. The van der Waals surface area contributed by atoms with Gasteiger partial charge in [-0.05, 0) is 36.5 Å². The van der Waals surface area contributed by atoms with Crippen molar-refractivity contribution in [2.45, 2.75) is 38.2 Å². The summed E-state index contributed by atoms with van der Waals surface area (Å²) >= 11 is 0. The van der Waals surface area contributed by atoms with Crippen LogP contribution >= 0.6 is 0 Å². The van der Waals surface area contributed by atoms with Gasteiger partial charge in [0.05, 0.1) is 25.9 Å². The van der Waals surface area contributed by atoms with Crippen LogP contribution in [0.5, 0.6) is 0 Å². The lowest BCUT2D eigenvalue weighted by Crippen LogP contribution is -2.51. The van der Waals surface area contributed by atoms with E-state index in [1.807, 2.05) is 31.2 Å². The molecule has 5 nitrogen and oxygen atoms in total. The molecule has 0 saturated heterocycles. The van der Waals surface area contributed by atoms with E-state index in [2.05, 4.69) is 0 Å². The Bertz CT molecular complexity index is 750. The average molecular weight is 330 g/mol. The van der Waals surface area contributed by atoms with Crippen molar-refractivity contribution in [2.24, 2.45) is 5.41 Å². The maximum absolute atomic E-state index is 12.6. The van der Waals surface area contributed by atoms with Crippen LogP contribution in [0, 0.1) is 5.41 Å². The fourth-order valence-electron chi connectivity index (χ4n) is 4.46. The quantitative estimate of drug-likeness (QED) is 0.842. The smallest absolute Gasteiger partial charge is 0.338 e. The molecular formula is C19H22O5. The molecule has 1 fully saturated rings. The molecule has 3 atom stereocenters. The minimum absolute atomic E-state index is 0.377. The van der Waals surface area contributed by atoms with Gasteiger partial charge in [0, 0.05) is 5.41 Å². The largest absolute Gasteiger partial charge is 0.468 e. The molecule has 0 aromatic heterocycles. The van der Waals surface area contributed by atoms with Gasteiger partial charge < -0.3 is 14.6 Å². The molecule has 0 bridgehead atoms. The lowest BCUT2D eigenvalue weighted by molar-refractivity contribution is -0.158. The summed E-state index contributed by atoms with van der Waals surface area (Å²) in [5.74, 6) is -1.03. The highest BCUT2D eigenvalue weighted by Crippen LogP contribution is 2.60. The van der Waals surface area contributed by atoms with E-state index in [1.165, 1.54) is 14.2 Å². The summed E-state index contributed by atoms with van der Waals surface area (Å²) in [5.41, 5.74) is 0.941. The highest BCUT2D eigenvalue weighted by Gasteiger charge is 2.60. The number of ether oxygens (including phenoxy) is 2. The van der Waals surface area contributed by atoms with Crippen LogP contribution in [-0.4, -0.2) is 37.4 Å². The van der Waals surface area contributed by atoms with E-state index in [0.717, 1.165) is 11.1 Å². The molecule has 128 valence electrons. The van der Waals surface area contributed by atoms with Crippen molar-refractivity contribution in [1.82, 2.24) is 0 Å². The minimum Gasteiger partial charge on any atom is -0.468 e. The standard InChI is InChI=1S/C19H22O5/c1-18-10-9-13(20)19(2,17(22)24-4)15(18)14(16(21)23-3)11-7-5-6-8-12(11)18/h5-8,13,20H,9-10H2,1-4H3. The van der Waals surface area contributed by atoms with Gasteiger partial charge in [-0.25, -0.2) is 4.79 Å². The summed E-state index contributed by atoms with van der Waals surface area (Å²) in [5, 5.41) is 10.7. The van der Waals surface area contributed by atoms with Gasteiger partial charge >= 0.3 is 11.9 Å². The van der Waals surface area contributed by atoms with Crippen molar-refractivity contribution in [3.05, 3.63) is 41.0 Å². The fourth-order valence-corrected chi connectivity index (χ4v) is 4.46. The first-order chi connectivity index (χ1) is 11.3. The van der Waals surface area contributed by atoms with E-state index in [9.17, 15) is 14.7 Å². The van der Waals surface area contributed by atoms with Crippen LogP contribution in [0.15, 0.2) is 29.8 Å². The summed E-state index contributed by atoms with van der Waals surface area (Å²) in [6.07, 6.45) is 0.184. The molecule has 1 N–H and O–H groups in total. The molecule has 0 amide bonds. The number of aliphatic hydroxyl groups is 1. The van der Waals surface area contributed by atoms with Crippen molar-refractivity contribution in [3.63, 3.8) is 0 Å². The van der Waals surface area contributed by atoms with Gasteiger partial charge in [-0.2, -0.15) is 0 Å². The SMILES string of the molecule is COC(=O)C1=C2C(C)(CCC(O)C2(C)C(=O)OC)c2ccccc21. The van der Waals surface area contributed by atoms with Crippen LogP contribution in [0.2, 0.25) is 0 Å². The second-order valence-corrected chi connectivity index (χ2v) is 6.87. The topological polar surface area (TPSA) is 72.8 Å². The Labute approximate surface area is 141 Å². The van der Waals surface area contributed by atoms with Gasteiger partial charge in [0.15, 0.2) is 0 Å². The molecule has 24 heavy (non-hydrogen) atoms. The molecule has 3 rings (SSSR count). The zero-order valence-corrected chi connectivity index (χ0v) is 14.4. The van der Waals surface area contributed by atoms with Gasteiger partial charge in [-0.3, -0.25) is 4.79 Å². The Morgan fingerprint density at radius 1 is 1.17 bits per heavy atom. The number of hydrogen-bond donors (Lipinski definition) is 1. The molecule has 0 aliphatic heterocycles. The zero-order valence-electron chi connectivity index (χ0n) is 14.4. The molecule has 0 heterocycles. The predicted molar refractivity (Wildman–Crippen MR) is 88.1 cm³/mol. The van der Waals surface area contributed by atoms with Gasteiger partial charge in [-0.1, -0.05) is 31.2 Å². The average Bonchev–Trinajstić information content (AvgIpc) is 2.87. The molecular weight excluding hydrogens is 308 g/mol. The van der Waals surface area contributed by atoms with E-state index < -0.39 is 28.9 Å². The third-order valence-electron chi connectivity index (χ3n) is 5.70. The molecule has 0 spiro atoms. The number of carbonyl (C=O) groups excluding carboxylic acids is 2. The number of methoxy groups -OCH3 is 2. The second kappa shape index (κ2) is 5.45. The molecule has 1 aromatic carbocycles. The van der Waals surface area contributed by atoms with Crippen LogP contribution < -0.4 is 0 Å². The van der Waals surface area contributed by atoms with Gasteiger partial charge in [0.2, 0.25) is 0 Å². The monoisotopic (exact) mass is 330 g/mol. The summed E-state index contributed by atoms with van der Waals surface area (Å²) in [6, 6.07) is 7.61. The maximum atomic E-state index is 12.6. The van der Waals surface area contributed by atoms with Gasteiger partial charge in [-0.15, -0.1) is 0 Å². The molecule has 5 heteroatoms. The summed E-state index contributed by atoms with van der Waals surface area (Å²) in [6.45, 7) is 3.68. The first-order valence-electron chi connectivity index (χ1n) is 8.02. The number of esters is 2. The maximum Gasteiger partial charge on any atom is 0.338 e. The van der Waals surface area contributed by atoms with E-state index >= 15 is 0 Å². The summed E-state index contributed by atoms with van der Waals surface area (Å²) < 4.78 is 9.99. The molecule has 0 radical (unpaired) electrons. The van der Waals surface area contributed by atoms with Crippen molar-refractivity contribution in [2.75, 3.05) is 14.2 Å². The Morgan fingerprint density at radius 3 is 2.46 bits per heavy atom.